The zero-order valence-corrected chi connectivity index (χ0v) is 23.5. The highest BCUT2D eigenvalue weighted by atomic mass is 35.5. The molecule has 2 heterocycles. The SMILES string of the molecule is O=C(Nc1ccc(SC(C(=O)Nc2nc(-c3cccs3)cs2)c2ccccc2)cc1)c1ccc(Cl)cc1Cl. The van der Waals surface area contributed by atoms with Crippen LogP contribution >= 0.6 is 57.6 Å². The van der Waals surface area contributed by atoms with Crippen LogP contribution in [-0.2, 0) is 4.79 Å². The van der Waals surface area contributed by atoms with Gasteiger partial charge in [0, 0.05) is 21.0 Å². The zero-order chi connectivity index (χ0) is 26.5. The van der Waals surface area contributed by atoms with E-state index in [0.29, 0.717) is 21.4 Å². The van der Waals surface area contributed by atoms with Crippen molar-refractivity contribution < 1.29 is 9.59 Å². The zero-order valence-electron chi connectivity index (χ0n) is 19.6. The smallest absolute Gasteiger partial charge is 0.257 e. The highest BCUT2D eigenvalue weighted by molar-refractivity contribution is 8.00. The molecule has 1 unspecified atom stereocenters. The van der Waals surface area contributed by atoms with E-state index in [9.17, 15) is 9.59 Å². The number of nitrogens with one attached hydrogen (secondary N) is 2. The Morgan fingerprint density at radius 3 is 2.37 bits per heavy atom. The number of hydrogen-bond donors (Lipinski definition) is 2. The number of hydrogen-bond acceptors (Lipinski definition) is 6. The number of benzene rings is 3. The lowest BCUT2D eigenvalue weighted by atomic mass is 10.1. The Balaban J connectivity index is 1.29. The lowest BCUT2D eigenvalue weighted by Crippen LogP contribution is -2.19. The molecule has 2 N–H and O–H groups in total. The minimum absolute atomic E-state index is 0.164. The highest BCUT2D eigenvalue weighted by Crippen LogP contribution is 2.37. The first-order valence-corrected chi connectivity index (χ1v) is 14.7. The minimum Gasteiger partial charge on any atom is -0.322 e. The van der Waals surface area contributed by atoms with Gasteiger partial charge in [-0.25, -0.2) is 4.98 Å². The molecule has 3 aromatic carbocycles. The summed E-state index contributed by atoms with van der Waals surface area (Å²) >= 11 is 16.5. The third-order valence-electron chi connectivity index (χ3n) is 5.39. The summed E-state index contributed by atoms with van der Waals surface area (Å²) in [5.74, 6) is -0.498. The van der Waals surface area contributed by atoms with Crippen LogP contribution in [-0.4, -0.2) is 16.8 Å². The van der Waals surface area contributed by atoms with Gasteiger partial charge >= 0.3 is 0 Å². The third-order valence-corrected chi connectivity index (χ3v) is 8.85. The molecule has 0 aliphatic carbocycles. The molecular weight excluding hydrogens is 577 g/mol. The number of nitrogens with zero attached hydrogens (tertiary/aromatic N) is 1. The number of thiazole rings is 1. The van der Waals surface area contributed by atoms with Gasteiger partial charge < -0.3 is 10.6 Å². The summed E-state index contributed by atoms with van der Waals surface area (Å²) in [6.45, 7) is 0. The van der Waals surface area contributed by atoms with Crippen LogP contribution in [0, 0.1) is 0 Å². The van der Waals surface area contributed by atoms with Crippen LogP contribution in [0.2, 0.25) is 10.0 Å². The van der Waals surface area contributed by atoms with Gasteiger partial charge in [-0.3, -0.25) is 9.59 Å². The Kier molecular flexibility index (Phi) is 8.46. The molecule has 190 valence electrons. The summed E-state index contributed by atoms with van der Waals surface area (Å²) in [7, 11) is 0. The molecule has 2 amide bonds. The van der Waals surface area contributed by atoms with E-state index >= 15 is 0 Å². The van der Waals surface area contributed by atoms with Crippen LogP contribution < -0.4 is 10.6 Å². The number of anilines is 2. The van der Waals surface area contributed by atoms with Gasteiger partial charge in [-0.15, -0.1) is 34.4 Å². The number of rotatable bonds is 8. The monoisotopic (exact) mass is 595 g/mol. The van der Waals surface area contributed by atoms with Crippen molar-refractivity contribution in [3.8, 4) is 10.6 Å². The summed E-state index contributed by atoms with van der Waals surface area (Å²) in [6.07, 6.45) is 0. The average Bonchev–Trinajstić information content (AvgIpc) is 3.61. The summed E-state index contributed by atoms with van der Waals surface area (Å²) in [4.78, 5) is 32.5. The van der Waals surface area contributed by atoms with Gasteiger partial charge in [0.1, 0.15) is 5.25 Å². The lowest BCUT2D eigenvalue weighted by molar-refractivity contribution is -0.115. The first kappa shape index (κ1) is 26.5. The van der Waals surface area contributed by atoms with Gasteiger partial charge in [0.15, 0.2) is 5.13 Å². The normalized spacial score (nSPS) is 11.6. The van der Waals surface area contributed by atoms with E-state index in [2.05, 4.69) is 15.6 Å². The average molecular weight is 597 g/mol. The van der Waals surface area contributed by atoms with Crippen LogP contribution in [0.3, 0.4) is 0 Å². The molecule has 38 heavy (non-hydrogen) atoms. The van der Waals surface area contributed by atoms with Gasteiger partial charge in [-0.1, -0.05) is 59.6 Å². The van der Waals surface area contributed by atoms with Crippen LogP contribution in [0.1, 0.15) is 21.2 Å². The predicted octanol–water partition coefficient (Wildman–Crippen LogP) is 8.90. The number of amides is 2. The first-order chi connectivity index (χ1) is 18.5. The van der Waals surface area contributed by atoms with Crippen molar-refractivity contribution in [2.75, 3.05) is 10.6 Å². The van der Waals surface area contributed by atoms with E-state index in [1.54, 1.807) is 35.6 Å². The fourth-order valence-corrected chi connectivity index (χ4v) is 6.56. The Bertz CT molecular complexity index is 1560. The van der Waals surface area contributed by atoms with Gasteiger partial charge in [-0.05, 0) is 59.5 Å². The van der Waals surface area contributed by atoms with Crippen molar-refractivity contribution in [1.29, 1.82) is 0 Å². The van der Waals surface area contributed by atoms with Crippen LogP contribution in [0.15, 0.2) is 101 Å². The van der Waals surface area contributed by atoms with E-state index in [-0.39, 0.29) is 16.8 Å². The highest BCUT2D eigenvalue weighted by Gasteiger charge is 2.23. The molecule has 5 aromatic rings. The molecule has 0 saturated carbocycles. The molecule has 5 rings (SSSR count). The molecule has 10 heteroatoms. The van der Waals surface area contributed by atoms with Crippen molar-refractivity contribution >= 4 is 80.3 Å². The molecule has 0 bridgehead atoms. The van der Waals surface area contributed by atoms with Crippen molar-refractivity contribution in [2.45, 2.75) is 10.1 Å². The number of halogens is 2. The minimum atomic E-state index is -0.501. The number of carbonyl (C=O) groups is 2. The largest absolute Gasteiger partial charge is 0.322 e. The van der Waals surface area contributed by atoms with Crippen LogP contribution in [0.4, 0.5) is 10.8 Å². The Morgan fingerprint density at radius 2 is 1.66 bits per heavy atom. The quantitative estimate of drug-likeness (QED) is 0.176. The maximum absolute atomic E-state index is 13.4. The molecule has 0 radical (unpaired) electrons. The second-order valence-electron chi connectivity index (χ2n) is 8.02. The van der Waals surface area contributed by atoms with Crippen molar-refractivity contribution in [3.63, 3.8) is 0 Å². The Morgan fingerprint density at radius 1 is 0.868 bits per heavy atom. The fraction of sp³-hybridized carbons (Fsp3) is 0.0357. The van der Waals surface area contributed by atoms with E-state index in [1.165, 1.54) is 29.2 Å². The summed E-state index contributed by atoms with van der Waals surface area (Å²) in [6, 6.07) is 25.6. The van der Waals surface area contributed by atoms with E-state index in [1.807, 2.05) is 65.4 Å². The molecule has 0 spiro atoms. The second-order valence-corrected chi connectivity index (χ2v) is 11.8. The second kappa shape index (κ2) is 12.1. The summed E-state index contributed by atoms with van der Waals surface area (Å²) in [5.41, 5.74) is 2.66. The third kappa shape index (κ3) is 6.46. The molecule has 0 fully saturated rings. The van der Waals surface area contributed by atoms with Gasteiger partial charge in [0.25, 0.3) is 5.91 Å². The molecule has 1 atom stereocenters. The maximum Gasteiger partial charge on any atom is 0.257 e. The molecule has 0 saturated heterocycles. The Hall–Kier alpha value is -3.14. The topological polar surface area (TPSA) is 71.1 Å². The van der Waals surface area contributed by atoms with Gasteiger partial charge in [-0.2, -0.15) is 0 Å². The molecule has 5 nitrogen and oxygen atoms in total. The van der Waals surface area contributed by atoms with Gasteiger partial charge in [0.05, 0.1) is 21.2 Å². The van der Waals surface area contributed by atoms with Crippen LogP contribution in [0.25, 0.3) is 10.6 Å². The molecule has 0 aliphatic heterocycles. The summed E-state index contributed by atoms with van der Waals surface area (Å²) in [5, 5.41) is 10.6. The lowest BCUT2D eigenvalue weighted by Gasteiger charge is -2.16. The fourth-order valence-electron chi connectivity index (χ4n) is 3.57. The van der Waals surface area contributed by atoms with Gasteiger partial charge in [0.2, 0.25) is 5.91 Å². The maximum atomic E-state index is 13.4. The standard InChI is InChI=1S/C28H19Cl2N3O2S3/c29-18-8-13-21(22(30)15-18)26(34)31-19-9-11-20(12-10-19)38-25(17-5-2-1-3-6-17)27(35)33-28-32-23(16-37-28)24-7-4-14-36-24/h1-16,25H,(H,31,34)(H,32,33,35). The number of thiophene rings is 1. The first-order valence-electron chi connectivity index (χ1n) is 11.3. The summed E-state index contributed by atoms with van der Waals surface area (Å²) < 4.78 is 0. The number of thioether (sulfide) groups is 1. The molecular formula is C28H19Cl2N3O2S3. The number of carbonyl (C=O) groups excluding carboxylic acids is 2. The number of aromatic nitrogens is 1. The van der Waals surface area contributed by atoms with E-state index in [4.69, 9.17) is 23.2 Å². The Labute approximate surface area is 241 Å². The van der Waals surface area contributed by atoms with Crippen LogP contribution in [0.5, 0.6) is 0 Å². The predicted molar refractivity (Wildman–Crippen MR) is 160 cm³/mol. The van der Waals surface area contributed by atoms with Crippen molar-refractivity contribution in [3.05, 3.63) is 117 Å². The van der Waals surface area contributed by atoms with Crippen molar-refractivity contribution in [2.24, 2.45) is 0 Å². The van der Waals surface area contributed by atoms with E-state index < -0.39 is 5.25 Å². The van der Waals surface area contributed by atoms with E-state index in [0.717, 1.165) is 21.0 Å². The molecule has 2 aromatic heterocycles. The van der Waals surface area contributed by atoms with Crippen molar-refractivity contribution in [1.82, 2.24) is 4.98 Å². The molecule has 0 aliphatic rings.